The quantitative estimate of drug-likeness (QED) is 0.817. The molecule has 2 rings (SSSR count). The van der Waals surface area contributed by atoms with Crippen molar-refractivity contribution in [3.63, 3.8) is 0 Å². The highest BCUT2D eigenvalue weighted by atomic mass is 16.5. The highest BCUT2D eigenvalue weighted by molar-refractivity contribution is 5.93. The Morgan fingerprint density at radius 3 is 2.39 bits per heavy atom. The summed E-state index contributed by atoms with van der Waals surface area (Å²) < 4.78 is 6.27. The van der Waals surface area contributed by atoms with Gasteiger partial charge in [0.25, 0.3) is 11.5 Å². The van der Waals surface area contributed by atoms with Gasteiger partial charge in [-0.3, -0.25) is 9.59 Å². The predicted molar refractivity (Wildman–Crippen MR) is 66.5 cm³/mol. The van der Waals surface area contributed by atoms with E-state index in [4.69, 9.17) is 4.52 Å². The van der Waals surface area contributed by atoms with Crippen molar-refractivity contribution < 1.29 is 9.32 Å². The molecule has 18 heavy (non-hydrogen) atoms. The van der Waals surface area contributed by atoms with E-state index in [9.17, 15) is 9.59 Å². The number of carbonyl (C=O) groups excluding carboxylic acids is 1. The maximum atomic E-state index is 11.7. The summed E-state index contributed by atoms with van der Waals surface area (Å²) in [6, 6.07) is 8.47. The molecule has 94 valence electrons. The van der Waals surface area contributed by atoms with Crippen molar-refractivity contribution in [1.29, 1.82) is 0 Å². The molecule has 0 aliphatic rings. The van der Waals surface area contributed by atoms with E-state index in [-0.39, 0.29) is 11.5 Å². The van der Waals surface area contributed by atoms with Crippen LogP contribution in [0.5, 0.6) is 0 Å². The Bertz CT molecular complexity index is 593. The van der Waals surface area contributed by atoms with Crippen molar-refractivity contribution in [3.05, 3.63) is 58.1 Å². The summed E-state index contributed by atoms with van der Waals surface area (Å²) in [7, 11) is 3.41. The zero-order valence-corrected chi connectivity index (χ0v) is 10.3. The Kier molecular flexibility index (Phi) is 3.32. The molecular formula is C13H14N2O3. The van der Waals surface area contributed by atoms with E-state index in [1.54, 1.807) is 26.2 Å². The lowest BCUT2D eigenvalue weighted by Gasteiger charge is -2.10. The van der Waals surface area contributed by atoms with Crippen LogP contribution < -0.4 is 5.56 Å². The molecule has 0 radical (unpaired) electrons. The minimum Gasteiger partial charge on any atom is -0.384 e. The fraction of sp³-hybridized carbons (Fsp3) is 0.231. The molecular weight excluding hydrogens is 232 g/mol. The molecule has 5 heteroatoms. The Morgan fingerprint density at radius 1 is 1.22 bits per heavy atom. The number of aromatic nitrogens is 1. The number of carbonyl (C=O) groups is 1. The van der Waals surface area contributed by atoms with Crippen molar-refractivity contribution in [3.8, 4) is 0 Å². The fourth-order valence-electron chi connectivity index (χ4n) is 1.59. The van der Waals surface area contributed by atoms with Crippen LogP contribution in [-0.2, 0) is 6.54 Å². The SMILES string of the molecule is CN(C)C(=O)c1ccc(Cn2occc2=O)cc1. The molecule has 0 unspecified atom stereocenters. The molecule has 0 bridgehead atoms. The second-order valence-electron chi connectivity index (χ2n) is 4.18. The van der Waals surface area contributed by atoms with Gasteiger partial charge in [0.05, 0.1) is 6.54 Å². The summed E-state index contributed by atoms with van der Waals surface area (Å²) in [5, 5.41) is 0. The Morgan fingerprint density at radius 2 is 1.89 bits per heavy atom. The molecule has 1 aromatic carbocycles. The lowest BCUT2D eigenvalue weighted by molar-refractivity contribution is 0.0827. The van der Waals surface area contributed by atoms with Gasteiger partial charge in [-0.25, -0.2) is 0 Å². The van der Waals surface area contributed by atoms with Gasteiger partial charge in [-0.2, -0.15) is 4.74 Å². The average Bonchev–Trinajstić information content (AvgIpc) is 2.75. The van der Waals surface area contributed by atoms with Crippen molar-refractivity contribution in [2.75, 3.05) is 14.1 Å². The van der Waals surface area contributed by atoms with Crippen LogP contribution in [0.15, 0.2) is 45.9 Å². The third-order valence-corrected chi connectivity index (χ3v) is 2.58. The van der Waals surface area contributed by atoms with E-state index in [1.807, 2.05) is 12.1 Å². The maximum Gasteiger partial charge on any atom is 0.282 e. The highest BCUT2D eigenvalue weighted by Crippen LogP contribution is 2.07. The van der Waals surface area contributed by atoms with Crippen LogP contribution in [0.4, 0.5) is 0 Å². The number of hydrogen-bond acceptors (Lipinski definition) is 3. The van der Waals surface area contributed by atoms with Gasteiger partial charge in [0.1, 0.15) is 6.26 Å². The molecule has 0 N–H and O–H groups in total. The first kappa shape index (κ1) is 12.2. The van der Waals surface area contributed by atoms with Crippen LogP contribution >= 0.6 is 0 Å². The third kappa shape index (κ3) is 2.51. The number of hydrogen-bond donors (Lipinski definition) is 0. The van der Waals surface area contributed by atoms with Crippen molar-refractivity contribution >= 4 is 5.91 Å². The predicted octanol–water partition coefficient (Wildman–Crippen LogP) is 1.19. The van der Waals surface area contributed by atoms with Crippen molar-refractivity contribution in [2.24, 2.45) is 0 Å². The van der Waals surface area contributed by atoms with Crippen molar-refractivity contribution in [1.82, 2.24) is 9.64 Å². The third-order valence-electron chi connectivity index (χ3n) is 2.58. The highest BCUT2D eigenvalue weighted by Gasteiger charge is 2.07. The molecule has 2 aromatic rings. The molecule has 0 aliphatic carbocycles. The van der Waals surface area contributed by atoms with Crippen LogP contribution in [0, 0.1) is 0 Å². The number of benzene rings is 1. The average molecular weight is 246 g/mol. The molecule has 0 fully saturated rings. The molecule has 0 atom stereocenters. The van der Waals surface area contributed by atoms with E-state index < -0.39 is 0 Å². The number of amides is 1. The van der Waals surface area contributed by atoms with Gasteiger partial charge in [0, 0.05) is 25.7 Å². The normalized spacial score (nSPS) is 10.3. The molecule has 1 aromatic heterocycles. The maximum absolute atomic E-state index is 11.7. The number of nitrogens with zero attached hydrogens (tertiary/aromatic N) is 2. The summed E-state index contributed by atoms with van der Waals surface area (Å²) in [4.78, 5) is 24.5. The van der Waals surface area contributed by atoms with Crippen LogP contribution in [0.3, 0.4) is 0 Å². The monoisotopic (exact) mass is 246 g/mol. The molecule has 0 saturated carbocycles. The van der Waals surface area contributed by atoms with E-state index in [0.717, 1.165) is 5.56 Å². The van der Waals surface area contributed by atoms with E-state index in [2.05, 4.69) is 0 Å². The summed E-state index contributed by atoms with van der Waals surface area (Å²) in [6.07, 6.45) is 1.35. The first-order valence-electron chi connectivity index (χ1n) is 5.53. The van der Waals surface area contributed by atoms with E-state index in [0.29, 0.717) is 12.1 Å². The lowest BCUT2D eigenvalue weighted by Crippen LogP contribution is -2.21. The zero-order valence-electron chi connectivity index (χ0n) is 10.3. The fourth-order valence-corrected chi connectivity index (χ4v) is 1.59. The minimum atomic E-state index is -0.177. The topological polar surface area (TPSA) is 55.5 Å². The van der Waals surface area contributed by atoms with Gasteiger partial charge in [0.2, 0.25) is 0 Å². The molecule has 0 spiro atoms. The summed E-state index contributed by atoms with van der Waals surface area (Å²) in [5.41, 5.74) is 1.35. The standard InChI is InChI=1S/C13H14N2O3/c1-14(2)13(17)11-5-3-10(4-6-11)9-15-12(16)7-8-18-15/h3-8H,9H2,1-2H3. The van der Waals surface area contributed by atoms with Crippen LogP contribution in [0.2, 0.25) is 0 Å². The summed E-state index contributed by atoms with van der Waals surface area (Å²) in [6.45, 7) is 0.363. The van der Waals surface area contributed by atoms with Crippen LogP contribution in [-0.4, -0.2) is 29.6 Å². The molecule has 1 heterocycles. The summed E-state index contributed by atoms with van der Waals surface area (Å²) in [5.74, 6) is -0.0447. The van der Waals surface area contributed by atoms with Gasteiger partial charge in [-0.05, 0) is 17.7 Å². The molecule has 0 aliphatic heterocycles. The van der Waals surface area contributed by atoms with E-state index in [1.165, 1.54) is 22.0 Å². The zero-order chi connectivity index (χ0) is 13.1. The molecule has 0 saturated heterocycles. The van der Waals surface area contributed by atoms with Crippen LogP contribution in [0.1, 0.15) is 15.9 Å². The Labute approximate surface area is 104 Å². The second kappa shape index (κ2) is 4.91. The Balaban J connectivity index is 2.16. The molecule has 5 nitrogen and oxygen atoms in total. The first-order chi connectivity index (χ1) is 8.58. The van der Waals surface area contributed by atoms with Gasteiger partial charge >= 0.3 is 0 Å². The van der Waals surface area contributed by atoms with Gasteiger partial charge < -0.3 is 9.42 Å². The second-order valence-corrected chi connectivity index (χ2v) is 4.18. The number of rotatable bonds is 3. The van der Waals surface area contributed by atoms with Crippen LogP contribution in [0.25, 0.3) is 0 Å². The van der Waals surface area contributed by atoms with Crippen molar-refractivity contribution in [2.45, 2.75) is 6.54 Å². The minimum absolute atomic E-state index is 0.0447. The lowest BCUT2D eigenvalue weighted by atomic mass is 10.1. The Hall–Kier alpha value is -2.30. The smallest absolute Gasteiger partial charge is 0.282 e. The van der Waals surface area contributed by atoms with Gasteiger partial charge in [0.15, 0.2) is 0 Å². The largest absolute Gasteiger partial charge is 0.384 e. The first-order valence-corrected chi connectivity index (χ1v) is 5.53. The summed E-state index contributed by atoms with van der Waals surface area (Å²) >= 11 is 0. The van der Waals surface area contributed by atoms with Gasteiger partial charge in [-0.15, -0.1) is 0 Å². The van der Waals surface area contributed by atoms with Gasteiger partial charge in [-0.1, -0.05) is 12.1 Å². The molecule has 1 amide bonds. The van der Waals surface area contributed by atoms with E-state index >= 15 is 0 Å².